The van der Waals surface area contributed by atoms with E-state index >= 15 is 0 Å². The third kappa shape index (κ3) is 4.73. The number of hydrogen-bond donors (Lipinski definition) is 2. The molecule has 3 aromatic heterocycles. The minimum Gasteiger partial charge on any atom is -0.472 e. The van der Waals surface area contributed by atoms with Gasteiger partial charge in [0.2, 0.25) is 0 Å². The average molecular weight is 525 g/mol. The van der Waals surface area contributed by atoms with E-state index in [9.17, 15) is 9.59 Å². The highest BCUT2D eigenvalue weighted by Gasteiger charge is 2.30. The molecular formula is C28H32N2O4S2. The largest absolute Gasteiger partial charge is 0.472 e. The topological polar surface area (TPSA) is 80.6 Å². The molecule has 0 saturated heterocycles. The lowest BCUT2D eigenvalue weighted by atomic mass is 9.94. The predicted molar refractivity (Wildman–Crippen MR) is 143 cm³/mol. The first-order chi connectivity index (χ1) is 17.7. The number of carbonyl (C=O) groups excluding carboxylic acids is 2. The number of hydrogen-bond acceptors (Lipinski definition) is 6. The van der Waals surface area contributed by atoms with Crippen LogP contribution >= 0.6 is 22.7 Å². The summed E-state index contributed by atoms with van der Waals surface area (Å²) in [4.78, 5) is 30.2. The maximum Gasteiger partial charge on any atom is 0.341 e. The van der Waals surface area contributed by atoms with Crippen LogP contribution in [0.4, 0.5) is 9.80 Å². The van der Waals surface area contributed by atoms with Crippen molar-refractivity contribution in [2.24, 2.45) is 0 Å². The van der Waals surface area contributed by atoms with Crippen LogP contribution < -0.4 is 10.6 Å². The number of urea groups is 1. The van der Waals surface area contributed by atoms with Crippen molar-refractivity contribution in [1.29, 1.82) is 0 Å². The molecule has 0 spiro atoms. The summed E-state index contributed by atoms with van der Waals surface area (Å²) < 4.78 is 11.2. The van der Waals surface area contributed by atoms with Gasteiger partial charge in [-0.3, -0.25) is 5.32 Å². The first-order valence-electron chi connectivity index (χ1n) is 13.2. The van der Waals surface area contributed by atoms with Crippen LogP contribution in [-0.4, -0.2) is 18.1 Å². The van der Waals surface area contributed by atoms with Crippen molar-refractivity contribution in [3.63, 3.8) is 0 Å². The molecule has 0 aromatic carbocycles. The highest BCUT2D eigenvalue weighted by molar-refractivity contribution is 7.17. The van der Waals surface area contributed by atoms with Crippen LogP contribution in [0.2, 0.25) is 0 Å². The molecule has 2 amide bonds. The van der Waals surface area contributed by atoms with Gasteiger partial charge in [-0.25, -0.2) is 9.59 Å². The quantitative estimate of drug-likeness (QED) is 0.333. The van der Waals surface area contributed by atoms with Gasteiger partial charge in [0, 0.05) is 26.7 Å². The number of furan rings is 1. The van der Waals surface area contributed by atoms with E-state index in [4.69, 9.17) is 9.15 Å². The van der Waals surface area contributed by atoms with E-state index in [0.717, 1.165) is 75.3 Å². The molecule has 36 heavy (non-hydrogen) atoms. The zero-order chi connectivity index (χ0) is 24.5. The normalized spacial score (nSPS) is 17.4. The monoisotopic (exact) mass is 524 g/mol. The first-order valence-corrected chi connectivity index (χ1v) is 14.9. The number of thiophene rings is 2. The highest BCUT2D eigenvalue weighted by Crippen LogP contribution is 2.41. The molecule has 1 saturated carbocycles. The summed E-state index contributed by atoms with van der Waals surface area (Å²) in [6.45, 7) is 0.450. The van der Waals surface area contributed by atoms with Crippen LogP contribution in [0, 0.1) is 0 Å². The zero-order valence-electron chi connectivity index (χ0n) is 20.5. The second kappa shape index (κ2) is 10.4. The molecule has 0 radical (unpaired) electrons. The van der Waals surface area contributed by atoms with E-state index < -0.39 is 0 Å². The summed E-state index contributed by atoms with van der Waals surface area (Å²) >= 11 is 3.36. The Labute approximate surface area is 219 Å². The lowest BCUT2D eigenvalue weighted by Crippen LogP contribution is -2.29. The van der Waals surface area contributed by atoms with Gasteiger partial charge in [0.15, 0.2) is 0 Å². The minimum atomic E-state index is -0.280. The number of fused-ring (bicyclic) bond motifs is 2. The van der Waals surface area contributed by atoms with Crippen LogP contribution in [0.1, 0.15) is 88.2 Å². The minimum absolute atomic E-state index is 0.00410. The standard InChI is InChI=1S/C28H32N2O4S2/c31-27(34-18-7-1-2-8-18)24-20-10-4-6-12-23(20)36-26(24)30-28(32)29-15-21-19-9-3-5-11-22(19)35-25(21)17-13-14-33-16-17/h13-14,16,18H,1-12,15H2,(H2,29,30,32). The number of esters is 1. The van der Waals surface area contributed by atoms with Crippen molar-refractivity contribution in [2.45, 2.75) is 89.7 Å². The van der Waals surface area contributed by atoms with Gasteiger partial charge in [0.05, 0.1) is 18.1 Å². The molecule has 3 heterocycles. The molecule has 6 nitrogen and oxygen atoms in total. The fourth-order valence-electron chi connectivity index (χ4n) is 5.85. The van der Waals surface area contributed by atoms with E-state index in [0.29, 0.717) is 17.1 Å². The SMILES string of the molecule is O=C(NCc1c(-c2ccoc2)sc2c1CCCC2)Nc1sc2c(c1C(=O)OC1CCCC1)CCCC2. The van der Waals surface area contributed by atoms with Crippen LogP contribution in [0.5, 0.6) is 0 Å². The number of carbonyl (C=O) groups is 2. The van der Waals surface area contributed by atoms with Crippen LogP contribution in [0.3, 0.4) is 0 Å². The van der Waals surface area contributed by atoms with Crippen molar-refractivity contribution < 1.29 is 18.7 Å². The molecular weight excluding hydrogens is 492 g/mol. The third-order valence-corrected chi connectivity index (χ3v) is 10.3. The first kappa shape index (κ1) is 23.8. The summed E-state index contributed by atoms with van der Waals surface area (Å²) in [7, 11) is 0. The maximum absolute atomic E-state index is 13.2. The smallest absolute Gasteiger partial charge is 0.341 e. The van der Waals surface area contributed by atoms with Gasteiger partial charge < -0.3 is 14.5 Å². The molecule has 0 aliphatic heterocycles. The van der Waals surface area contributed by atoms with Crippen LogP contribution in [0.15, 0.2) is 23.0 Å². The molecule has 2 N–H and O–H groups in total. The van der Waals surface area contributed by atoms with Gasteiger partial charge in [-0.2, -0.15) is 0 Å². The Morgan fingerprint density at radius 2 is 1.67 bits per heavy atom. The second-order valence-electron chi connectivity index (χ2n) is 10.1. The van der Waals surface area contributed by atoms with Crippen molar-refractivity contribution >= 4 is 39.7 Å². The maximum atomic E-state index is 13.2. The van der Waals surface area contributed by atoms with Gasteiger partial charge >= 0.3 is 12.0 Å². The molecule has 3 aliphatic carbocycles. The number of anilines is 1. The second-order valence-corrected chi connectivity index (χ2v) is 12.3. The number of rotatable bonds is 6. The number of nitrogens with one attached hydrogen (secondary N) is 2. The molecule has 0 bridgehead atoms. The van der Waals surface area contributed by atoms with Crippen LogP contribution in [-0.2, 0) is 37.0 Å². The van der Waals surface area contributed by atoms with Gasteiger partial charge in [0.1, 0.15) is 11.1 Å². The Hall–Kier alpha value is -2.58. The zero-order valence-corrected chi connectivity index (χ0v) is 22.1. The fourth-order valence-corrected chi connectivity index (χ4v) is 8.51. The molecule has 0 unspecified atom stereocenters. The van der Waals surface area contributed by atoms with E-state index in [2.05, 4.69) is 10.6 Å². The van der Waals surface area contributed by atoms with Crippen molar-refractivity contribution in [3.8, 4) is 10.4 Å². The Morgan fingerprint density at radius 3 is 2.42 bits per heavy atom. The molecule has 190 valence electrons. The van der Waals surface area contributed by atoms with Gasteiger partial charge in [-0.1, -0.05) is 0 Å². The summed E-state index contributed by atoms with van der Waals surface area (Å²) in [5.74, 6) is -0.272. The Bertz CT molecular complexity index is 1250. The van der Waals surface area contributed by atoms with Gasteiger partial charge in [-0.15, -0.1) is 22.7 Å². The molecule has 3 aromatic rings. The fraction of sp³-hybridized carbons (Fsp3) is 0.500. The molecule has 3 aliphatic rings. The van der Waals surface area contributed by atoms with Crippen molar-refractivity contribution in [1.82, 2.24) is 5.32 Å². The number of amides is 2. The van der Waals surface area contributed by atoms with Crippen molar-refractivity contribution in [3.05, 3.63) is 50.6 Å². The number of aryl methyl sites for hydroxylation is 2. The van der Waals surface area contributed by atoms with E-state index in [1.54, 1.807) is 23.9 Å². The van der Waals surface area contributed by atoms with Crippen LogP contribution in [0.25, 0.3) is 10.4 Å². The lowest BCUT2D eigenvalue weighted by molar-refractivity contribution is 0.0318. The summed E-state index contributed by atoms with van der Waals surface area (Å²) in [6.07, 6.45) is 16.1. The molecule has 1 fully saturated rings. The van der Waals surface area contributed by atoms with E-state index in [1.807, 2.05) is 17.4 Å². The Kier molecular flexibility index (Phi) is 6.89. The molecule has 6 rings (SSSR count). The molecule has 8 heteroatoms. The summed E-state index contributed by atoms with van der Waals surface area (Å²) in [5.41, 5.74) is 5.31. The Morgan fingerprint density at radius 1 is 0.944 bits per heavy atom. The predicted octanol–water partition coefficient (Wildman–Crippen LogP) is 7.25. The Balaban J connectivity index is 1.21. The van der Waals surface area contributed by atoms with Crippen molar-refractivity contribution in [2.75, 3.05) is 5.32 Å². The third-order valence-electron chi connectivity index (χ3n) is 7.67. The summed E-state index contributed by atoms with van der Waals surface area (Å²) in [5, 5.41) is 6.74. The van der Waals surface area contributed by atoms with E-state index in [1.165, 1.54) is 38.6 Å². The summed E-state index contributed by atoms with van der Waals surface area (Å²) in [6, 6.07) is 1.71. The van der Waals surface area contributed by atoms with E-state index in [-0.39, 0.29) is 18.1 Å². The van der Waals surface area contributed by atoms with Gasteiger partial charge in [-0.05, 0) is 99.8 Å². The highest BCUT2D eigenvalue weighted by atomic mass is 32.1. The molecule has 0 atom stereocenters. The van der Waals surface area contributed by atoms with Gasteiger partial charge in [0.25, 0.3) is 0 Å². The number of ether oxygens (including phenoxy) is 1. The lowest BCUT2D eigenvalue weighted by Gasteiger charge is -2.16. The average Bonchev–Trinajstić information content (AvgIpc) is 3.68.